The molecule has 0 unspecified atom stereocenters. The molecule has 0 spiro atoms. The third kappa shape index (κ3) is 4.64. The summed E-state index contributed by atoms with van der Waals surface area (Å²) in [6.45, 7) is -0.639. The van der Waals surface area contributed by atoms with E-state index in [1.165, 1.54) is 5.01 Å². The van der Waals surface area contributed by atoms with E-state index in [1.54, 1.807) is 0 Å². The van der Waals surface area contributed by atoms with Crippen LogP contribution in [0.15, 0.2) is 95.0 Å². The summed E-state index contributed by atoms with van der Waals surface area (Å²) in [6, 6.07) is 23.1. The lowest BCUT2D eigenvalue weighted by molar-refractivity contribution is -0.139. The number of hydrogen-bond acceptors (Lipinski definition) is 3. The Morgan fingerprint density at radius 3 is 2.39 bits per heavy atom. The van der Waals surface area contributed by atoms with Gasteiger partial charge in [0.1, 0.15) is 11.6 Å². The van der Waals surface area contributed by atoms with Gasteiger partial charge in [0.2, 0.25) is 0 Å². The Kier molecular flexibility index (Phi) is 6.14. The number of carbonyl (C=O) groups is 1. The Labute approximate surface area is 209 Å². The number of nitrogens with zero attached hydrogens (tertiary/aromatic N) is 3. The number of amides is 1. The fourth-order valence-electron chi connectivity index (χ4n) is 4.31. The molecule has 0 aliphatic carbocycles. The van der Waals surface area contributed by atoms with Gasteiger partial charge in [0.05, 0.1) is 17.3 Å². The van der Waals surface area contributed by atoms with Crippen LogP contribution in [-0.2, 0) is 17.5 Å². The van der Waals surface area contributed by atoms with Crippen molar-refractivity contribution in [1.29, 1.82) is 0 Å². The molecule has 1 aromatic heterocycles. The van der Waals surface area contributed by atoms with Gasteiger partial charge in [-0.3, -0.25) is 9.59 Å². The first-order valence-corrected chi connectivity index (χ1v) is 11.5. The number of benzene rings is 3. The Morgan fingerprint density at radius 2 is 1.67 bits per heavy atom. The summed E-state index contributed by atoms with van der Waals surface area (Å²) in [6.07, 6.45) is -3.70. The van der Waals surface area contributed by atoms with Crippen LogP contribution in [0.2, 0.25) is 5.02 Å². The van der Waals surface area contributed by atoms with Crippen molar-refractivity contribution >= 4 is 34.0 Å². The van der Waals surface area contributed by atoms with Crippen molar-refractivity contribution in [3.05, 3.63) is 117 Å². The SMILES string of the molecule is O=C(Cn1cc(C(F)(F)F)cc(Cl)c1=O)N1N=C(c2ccc3ccccc3c2)C[C@@H]1c1ccccc1. The minimum absolute atomic E-state index is 0.409. The molecular weight excluding hydrogens is 491 g/mol. The maximum Gasteiger partial charge on any atom is 0.417 e. The van der Waals surface area contributed by atoms with Crippen molar-refractivity contribution in [1.82, 2.24) is 9.58 Å². The number of hydrogen-bond donors (Lipinski definition) is 0. The maximum atomic E-state index is 13.3. The number of fused-ring (bicyclic) bond motifs is 1. The third-order valence-corrected chi connectivity index (χ3v) is 6.38. The minimum atomic E-state index is -4.72. The topological polar surface area (TPSA) is 54.7 Å². The largest absolute Gasteiger partial charge is 0.417 e. The summed E-state index contributed by atoms with van der Waals surface area (Å²) in [7, 11) is 0. The van der Waals surface area contributed by atoms with Crippen LogP contribution in [0.5, 0.6) is 0 Å². The van der Waals surface area contributed by atoms with E-state index < -0.39 is 40.8 Å². The summed E-state index contributed by atoms with van der Waals surface area (Å²) in [5, 5.41) is 7.29. The van der Waals surface area contributed by atoms with Gasteiger partial charge in [-0.05, 0) is 34.0 Å². The van der Waals surface area contributed by atoms with Crippen molar-refractivity contribution in [3.8, 4) is 0 Å². The molecule has 5 nitrogen and oxygen atoms in total. The van der Waals surface area contributed by atoms with Crippen molar-refractivity contribution in [2.75, 3.05) is 0 Å². The van der Waals surface area contributed by atoms with Gasteiger partial charge in [0, 0.05) is 12.6 Å². The summed E-state index contributed by atoms with van der Waals surface area (Å²) in [5.74, 6) is -0.628. The number of carbonyl (C=O) groups excluding carboxylic acids is 1. The quantitative estimate of drug-likeness (QED) is 0.336. The van der Waals surface area contributed by atoms with Crippen LogP contribution < -0.4 is 5.56 Å². The van der Waals surface area contributed by atoms with E-state index in [0.717, 1.165) is 21.9 Å². The number of pyridine rings is 1. The normalized spacial score (nSPS) is 15.8. The van der Waals surface area contributed by atoms with E-state index in [1.807, 2.05) is 72.8 Å². The van der Waals surface area contributed by atoms with Gasteiger partial charge in [-0.2, -0.15) is 18.3 Å². The molecule has 9 heteroatoms. The smallest absolute Gasteiger partial charge is 0.304 e. The molecule has 36 heavy (non-hydrogen) atoms. The summed E-state index contributed by atoms with van der Waals surface area (Å²) >= 11 is 5.76. The van der Waals surface area contributed by atoms with Gasteiger partial charge in [-0.15, -0.1) is 0 Å². The lowest BCUT2D eigenvalue weighted by atomic mass is 9.97. The zero-order chi connectivity index (χ0) is 25.4. The second-order valence-electron chi connectivity index (χ2n) is 8.49. The van der Waals surface area contributed by atoms with Crippen molar-refractivity contribution < 1.29 is 18.0 Å². The Morgan fingerprint density at radius 1 is 0.972 bits per heavy atom. The van der Waals surface area contributed by atoms with Crippen LogP contribution in [0.1, 0.15) is 29.2 Å². The van der Waals surface area contributed by atoms with Crippen LogP contribution in [0.4, 0.5) is 13.2 Å². The van der Waals surface area contributed by atoms with Gasteiger partial charge in [-0.1, -0.05) is 78.3 Å². The second kappa shape index (κ2) is 9.28. The molecule has 3 aromatic carbocycles. The van der Waals surface area contributed by atoms with Crippen LogP contribution in [0, 0.1) is 0 Å². The van der Waals surface area contributed by atoms with Crippen LogP contribution in [0.3, 0.4) is 0 Å². The molecule has 182 valence electrons. The predicted octanol–water partition coefficient (Wildman–Crippen LogP) is 6.05. The Bertz CT molecular complexity index is 1550. The highest BCUT2D eigenvalue weighted by Crippen LogP contribution is 2.34. The Balaban J connectivity index is 1.52. The lowest BCUT2D eigenvalue weighted by Gasteiger charge is -2.22. The van der Waals surface area contributed by atoms with Crippen molar-refractivity contribution in [2.45, 2.75) is 25.2 Å². The highest BCUT2D eigenvalue weighted by atomic mass is 35.5. The average Bonchev–Trinajstić information content (AvgIpc) is 3.32. The van der Waals surface area contributed by atoms with Gasteiger partial charge in [0.15, 0.2) is 0 Å². The predicted molar refractivity (Wildman–Crippen MR) is 132 cm³/mol. The molecule has 0 bridgehead atoms. The molecule has 4 aromatic rings. The Hall–Kier alpha value is -3.91. The first-order chi connectivity index (χ1) is 17.2. The molecule has 1 amide bonds. The van der Waals surface area contributed by atoms with Gasteiger partial charge in [0.25, 0.3) is 11.5 Å². The fraction of sp³-hybridized carbons (Fsp3) is 0.148. The molecule has 2 heterocycles. The van der Waals surface area contributed by atoms with Crippen LogP contribution in [0.25, 0.3) is 10.8 Å². The highest BCUT2D eigenvalue weighted by Gasteiger charge is 2.35. The number of halogens is 4. The molecule has 0 saturated heterocycles. The molecule has 0 radical (unpaired) electrons. The first-order valence-electron chi connectivity index (χ1n) is 11.1. The number of rotatable bonds is 4. The molecule has 5 rings (SSSR count). The first kappa shape index (κ1) is 23.8. The average molecular weight is 510 g/mol. The molecular formula is C27H19ClF3N3O2. The van der Waals surface area contributed by atoms with Crippen LogP contribution in [-0.4, -0.2) is 21.2 Å². The van der Waals surface area contributed by atoms with E-state index in [2.05, 4.69) is 5.10 Å². The fourth-order valence-corrected chi connectivity index (χ4v) is 4.53. The van der Waals surface area contributed by atoms with Crippen molar-refractivity contribution in [2.24, 2.45) is 5.10 Å². The van der Waals surface area contributed by atoms with Crippen LogP contribution >= 0.6 is 11.6 Å². The zero-order valence-corrected chi connectivity index (χ0v) is 19.5. The third-order valence-electron chi connectivity index (χ3n) is 6.11. The summed E-state index contributed by atoms with van der Waals surface area (Å²) < 4.78 is 40.5. The lowest BCUT2D eigenvalue weighted by Crippen LogP contribution is -2.34. The van der Waals surface area contributed by atoms with Crippen molar-refractivity contribution in [3.63, 3.8) is 0 Å². The molecule has 0 saturated carbocycles. The second-order valence-corrected chi connectivity index (χ2v) is 8.89. The maximum absolute atomic E-state index is 13.3. The molecule has 1 aliphatic heterocycles. The van der Waals surface area contributed by atoms with E-state index in [-0.39, 0.29) is 0 Å². The molecule has 1 aliphatic rings. The standard InChI is InChI=1S/C27H19ClF3N3O2/c28-22-13-21(27(29,30)31)15-33(26(22)36)16-25(35)34-24(18-7-2-1-3-8-18)14-23(32-34)20-11-10-17-6-4-5-9-19(17)12-20/h1-13,15,24H,14,16H2/t24-/m1/s1. The summed E-state index contributed by atoms with van der Waals surface area (Å²) in [4.78, 5) is 25.8. The zero-order valence-electron chi connectivity index (χ0n) is 18.7. The van der Waals surface area contributed by atoms with E-state index in [4.69, 9.17) is 11.6 Å². The van der Waals surface area contributed by atoms with E-state index >= 15 is 0 Å². The molecule has 0 fully saturated rings. The number of hydrazone groups is 1. The minimum Gasteiger partial charge on any atom is -0.304 e. The highest BCUT2D eigenvalue weighted by molar-refractivity contribution is 6.30. The summed E-state index contributed by atoms with van der Waals surface area (Å²) in [5.41, 5.74) is 0.329. The molecule has 1 atom stereocenters. The number of aromatic nitrogens is 1. The van der Waals surface area contributed by atoms with E-state index in [0.29, 0.717) is 29.0 Å². The van der Waals surface area contributed by atoms with Gasteiger partial charge >= 0.3 is 6.18 Å². The molecule has 0 N–H and O–H groups in total. The van der Waals surface area contributed by atoms with Gasteiger partial charge in [-0.25, -0.2) is 5.01 Å². The van der Waals surface area contributed by atoms with Gasteiger partial charge < -0.3 is 4.57 Å². The monoisotopic (exact) mass is 509 g/mol. The number of alkyl halides is 3. The van der Waals surface area contributed by atoms with E-state index in [9.17, 15) is 22.8 Å².